The summed E-state index contributed by atoms with van der Waals surface area (Å²) in [6.45, 7) is 2.10. The Hall–Kier alpha value is -1.44. The fraction of sp³-hybridized carbons (Fsp3) is 0.130. The molecular weight excluding hydrogens is 434 g/mol. The van der Waals surface area contributed by atoms with Gasteiger partial charge in [-0.2, -0.15) is 0 Å². The topological polar surface area (TPSA) is 0 Å². The van der Waals surface area contributed by atoms with Crippen molar-refractivity contribution in [2.75, 3.05) is 6.16 Å². The van der Waals surface area contributed by atoms with Crippen molar-refractivity contribution in [3.8, 4) is 0 Å². The van der Waals surface area contributed by atoms with Gasteiger partial charge in [0.15, 0.2) is 0 Å². The fourth-order valence-corrected chi connectivity index (χ4v) is 7.57. The van der Waals surface area contributed by atoms with Gasteiger partial charge >= 0.3 is 0 Å². The smallest absolute Gasteiger partial charge is 0.112 e. The third-order valence-electron chi connectivity index (χ3n) is 4.46. The number of rotatable bonds is 6. The Morgan fingerprint density at radius 2 is 1.00 bits per heavy atom. The largest absolute Gasteiger partial charge is 1.00 e. The minimum atomic E-state index is -1.63. The first-order chi connectivity index (χ1) is 11.9. The van der Waals surface area contributed by atoms with Crippen LogP contribution in [0.5, 0.6) is 0 Å². The molecule has 0 N–H and O–H groups in total. The summed E-state index contributed by atoms with van der Waals surface area (Å²) in [5, 5.41) is 4.39. The average molecular weight is 458 g/mol. The van der Waals surface area contributed by atoms with Crippen LogP contribution in [-0.2, 0) is 0 Å². The zero-order chi connectivity index (χ0) is 16.7. The second-order valence-electron chi connectivity index (χ2n) is 5.90. The molecule has 3 aromatic rings. The predicted molar refractivity (Wildman–Crippen MR) is 109 cm³/mol. The van der Waals surface area contributed by atoms with Gasteiger partial charge in [-0.3, -0.25) is 0 Å². The zero-order valence-electron chi connectivity index (χ0n) is 14.6. The second kappa shape index (κ2) is 9.89. The highest BCUT2D eigenvalue weighted by molar-refractivity contribution is 7.95. The molecule has 0 fully saturated rings. The van der Waals surface area contributed by atoms with Crippen LogP contribution in [0.4, 0.5) is 0 Å². The van der Waals surface area contributed by atoms with Gasteiger partial charge in [0.05, 0.1) is 6.16 Å². The number of benzene rings is 3. The molecule has 0 saturated carbocycles. The van der Waals surface area contributed by atoms with E-state index in [0.717, 1.165) is 12.6 Å². The molecule has 0 aromatic heterocycles. The van der Waals surface area contributed by atoms with E-state index in [1.165, 1.54) is 15.9 Å². The summed E-state index contributed by atoms with van der Waals surface area (Å²) < 4.78 is 0. The van der Waals surface area contributed by atoms with Crippen molar-refractivity contribution in [2.45, 2.75) is 13.3 Å². The second-order valence-corrected chi connectivity index (χ2v) is 9.51. The van der Waals surface area contributed by atoms with E-state index in [-0.39, 0.29) is 24.0 Å². The summed E-state index contributed by atoms with van der Waals surface area (Å²) >= 11 is 0. The van der Waals surface area contributed by atoms with Crippen molar-refractivity contribution in [2.24, 2.45) is 0 Å². The highest BCUT2D eigenvalue weighted by Gasteiger charge is 2.44. The number of halogens is 1. The monoisotopic (exact) mass is 458 g/mol. The molecule has 0 aliphatic rings. The molecule has 3 rings (SSSR count). The average Bonchev–Trinajstić information content (AvgIpc) is 2.68. The van der Waals surface area contributed by atoms with Crippen LogP contribution in [0.2, 0.25) is 0 Å². The predicted octanol–water partition coefficient (Wildman–Crippen LogP) is 1.95. The molecule has 25 heavy (non-hydrogen) atoms. The van der Waals surface area contributed by atoms with Gasteiger partial charge in [0.2, 0.25) is 0 Å². The molecule has 0 unspecified atom stereocenters. The summed E-state index contributed by atoms with van der Waals surface area (Å²) in [5.41, 5.74) is 0. The third kappa shape index (κ3) is 4.40. The van der Waals surface area contributed by atoms with Crippen molar-refractivity contribution >= 4 is 23.2 Å². The van der Waals surface area contributed by atoms with Gasteiger partial charge in [-0.15, -0.1) is 0 Å². The summed E-state index contributed by atoms with van der Waals surface area (Å²) in [6, 6.07) is 33.2. The van der Waals surface area contributed by atoms with E-state index in [1.807, 2.05) is 0 Å². The van der Waals surface area contributed by atoms with Gasteiger partial charge in [-0.25, -0.2) is 0 Å². The molecule has 3 aromatic carbocycles. The van der Waals surface area contributed by atoms with Crippen LogP contribution >= 0.6 is 7.26 Å². The molecule has 128 valence electrons. The number of hydrogen-bond donors (Lipinski definition) is 0. The first kappa shape index (κ1) is 19.9. The Labute approximate surface area is 169 Å². The summed E-state index contributed by atoms with van der Waals surface area (Å²) in [4.78, 5) is 0. The van der Waals surface area contributed by atoms with Crippen LogP contribution in [0.3, 0.4) is 0 Å². The van der Waals surface area contributed by atoms with E-state index in [1.54, 1.807) is 0 Å². The first-order valence-electron chi connectivity index (χ1n) is 8.54. The van der Waals surface area contributed by atoms with Crippen molar-refractivity contribution in [1.82, 2.24) is 0 Å². The molecule has 2 heteroatoms. The maximum Gasteiger partial charge on any atom is 0.112 e. The van der Waals surface area contributed by atoms with Crippen molar-refractivity contribution in [3.63, 3.8) is 0 Å². The van der Waals surface area contributed by atoms with E-state index in [0.29, 0.717) is 0 Å². The van der Waals surface area contributed by atoms with Gasteiger partial charge < -0.3 is 24.0 Å². The van der Waals surface area contributed by atoms with Gasteiger partial charge in [0.1, 0.15) is 23.2 Å². The maximum atomic E-state index is 2.31. The van der Waals surface area contributed by atoms with Gasteiger partial charge in [0, 0.05) is 6.42 Å². The SMILES string of the molecule is CC=CCC[P+](c1ccccc1)(c1ccccc1)c1ccccc1.[I-]. The van der Waals surface area contributed by atoms with Gasteiger partial charge in [0.25, 0.3) is 0 Å². The van der Waals surface area contributed by atoms with E-state index < -0.39 is 7.26 Å². The van der Waals surface area contributed by atoms with Crippen LogP contribution < -0.4 is 39.9 Å². The molecule has 0 bridgehead atoms. The van der Waals surface area contributed by atoms with Crippen LogP contribution in [-0.4, -0.2) is 6.16 Å². The van der Waals surface area contributed by atoms with Crippen LogP contribution in [0.1, 0.15) is 13.3 Å². The van der Waals surface area contributed by atoms with E-state index >= 15 is 0 Å². The Balaban J connectivity index is 0.00000225. The quantitative estimate of drug-likeness (QED) is 0.301. The van der Waals surface area contributed by atoms with Gasteiger partial charge in [-0.1, -0.05) is 66.7 Å². The summed E-state index contributed by atoms with van der Waals surface area (Å²) in [5.74, 6) is 0. The number of allylic oxidation sites excluding steroid dienone is 2. The Bertz CT molecular complexity index is 670. The number of hydrogen-bond acceptors (Lipinski definition) is 0. The van der Waals surface area contributed by atoms with Crippen molar-refractivity contribution < 1.29 is 24.0 Å². The maximum absolute atomic E-state index is 2.31. The zero-order valence-corrected chi connectivity index (χ0v) is 17.6. The molecule has 0 spiro atoms. The normalized spacial score (nSPS) is 11.2. The van der Waals surface area contributed by atoms with E-state index in [4.69, 9.17) is 0 Å². The minimum Gasteiger partial charge on any atom is -1.00 e. The molecule has 0 saturated heterocycles. The molecule has 0 heterocycles. The molecule has 0 atom stereocenters. The Morgan fingerprint density at radius 3 is 1.32 bits per heavy atom. The van der Waals surface area contributed by atoms with Crippen LogP contribution in [0.25, 0.3) is 0 Å². The van der Waals surface area contributed by atoms with Crippen LogP contribution in [0, 0.1) is 0 Å². The standard InChI is InChI=1S/C23H24P.HI/c1-2-3-13-20-24(21-14-7-4-8-15-21,22-16-9-5-10-17-22)23-18-11-6-12-19-23;/h2-12,14-19H,13,20H2,1H3;1H/q+1;/p-1. The van der Waals surface area contributed by atoms with E-state index in [9.17, 15) is 0 Å². The molecule has 0 radical (unpaired) electrons. The molecular formula is C23H24IP. The lowest BCUT2D eigenvalue weighted by molar-refractivity contribution is -0.00000471. The van der Waals surface area contributed by atoms with Crippen molar-refractivity contribution in [3.05, 3.63) is 103 Å². The molecule has 0 amide bonds. The first-order valence-corrected chi connectivity index (χ1v) is 10.5. The van der Waals surface area contributed by atoms with Crippen molar-refractivity contribution in [1.29, 1.82) is 0 Å². The molecule has 0 aliphatic heterocycles. The molecule has 0 nitrogen and oxygen atoms in total. The fourth-order valence-electron chi connectivity index (χ4n) is 3.32. The van der Waals surface area contributed by atoms with E-state index in [2.05, 4.69) is 110 Å². The van der Waals surface area contributed by atoms with Gasteiger partial charge in [-0.05, 0) is 43.3 Å². The minimum absolute atomic E-state index is 0. The lowest BCUT2D eigenvalue weighted by Gasteiger charge is -2.27. The van der Waals surface area contributed by atoms with Crippen LogP contribution in [0.15, 0.2) is 103 Å². The lowest BCUT2D eigenvalue weighted by Crippen LogP contribution is -3.00. The third-order valence-corrected chi connectivity index (χ3v) is 8.93. The highest BCUT2D eigenvalue weighted by Crippen LogP contribution is 2.55. The Kier molecular flexibility index (Phi) is 7.87. The lowest BCUT2D eigenvalue weighted by atomic mass is 10.3. The molecule has 0 aliphatic carbocycles. The summed E-state index contributed by atoms with van der Waals surface area (Å²) in [6.07, 6.45) is 6.72. The summed E-state index contributed by atoms with van der Waals surface area (Å²) in [7, 11) is -1.63. The Morgan fingerprint density at radius 1 is 0.640 bits per heavy atom. The highest BCUT2D eigenvalue weighted by atomic mass is 127.